The third kappa shape index (κ3) is 5.36. The Kier molecular flexibility index (Phi) is 7.73. The molecule has 0 radical (unpaired) electrons. The number of nitrogens with zero attached hydrogens (tertiary/aromatic N) is 1. The highest BCUT2D eigenvalue weighted by Crippen LogP contribution is 2.32. The van der Waals surface area contributed by atoms with E-state index in [2.05, 4.69) is 15.9 Å². The van der Waals surface area contributed by atoms with Gasteiger partial charge in [-0.15, -0.1) is 0 Å². The van der Waals surface area contributed by atoms with Gasteiger partial charge in [-0.2, -0.15) is 0 Å². The smallest absolute Gasteiger partial charge is 0.255 e. The van der Waals surface area contributed by atoms with E-state index in [1.165, 1.54) is 6.42 Å². The lowest BCUT2D eigenvalue weighted by atomic mass is 9.92. The largest absolute Gasteiger partial charge is 0.493 e. The summed E-state index contributed by atoms with van der Waals surface area (Å²) in [5.74, 6) is 0.425. The first kappa shape index (κ1) is 24.1. The molecular formula is C27H29BrN2O4. The number of rotatable bonds is 8. The summed E-state index contributed by atoms with van der Waals surface area (Å²) in [7, 11) is 1.55. The molecular weight excluding hydrogens is 496 g/mol. The molecule has 3 aromatic rings. The van der Waals surface area contributed by atoms with E-state index >= 15 is 0 Å². The normalized spacial score (nSPS) is 14.1. The van der Waals surface area contributed by atoms with Crippen LogP contribution in [0.5, 0.6) is 11.5 Å². The van der Waals surface area contributed by atoms with Crippen LogP contribution in [0.4, 0.5) is 0 Å². The van der Waals surface area contributed by atoms with Crippen LogP contribution in [0, 0.1) is 0 Å². The van der Waals surface area contributed by atoms with Gasteiger partial charge in [0, 0.05) is 22.6 Å². The van der Waals surface area contributed by atoms with Crippen molar-refractivity contribution in [3.8, 4) is 11.5 Å². The Morgan fingerprint density at radius 1 is 1.00 bits per heavy atom. The highest BCUT2D eigenvalue weighted by Gasteiger charge is 2.28. The highest BCUT2D eigenvalue weighted by atomic mass is 79.9. The molecule has 1 fully saturated rings. The van der Waals surface area contributed by atoms with Crippen molar-refractivity contribution in [3.63, 3.8) is 0 Å². The lowest BCUT2D eigenvalue weighted by Crippen LogP contribution is -2.41. The molecule has 178 valence electrons. The van der Waals surface area contributed by atoms with E-state index in [4.69, 9.17) is 15.2 Å². The monoisotopic (exact) mass is 524 g/mol. The van der Waals surface area contributed by atoms with Crippen molar-refractivity contribution in [3.05, 3.63) is 70.2 Å². The minimum Gasteiger partial charge on any atom is -0.493 e. The predicted molar refractivity (Wildman–Crippen MR) is 136 cm³/mol. The van der Waals surface area contributed by atoms with E-state index < -0.39 is 5.91 Å². The molecule has 0 aromatic heterocycles. The molecule has 0 bridgehead atoms. The second-order valence-corrected chi connectivity index (χ2v) is 9.46. The number of methoxy groups -OCH3 is 1. The molecule has 0 saturated heterocycles. The first-order chi connectivity index (χ1) is 16.5. The molecule has 3 aromatic carbocycles. The van der Waals surface area contributed by atoms with Crippen LogP contribution in [0.1, 0.15) is 48.0 Å². The van der Waals surface area contributed by atoms with Crippen LogP contribution < -0.4 is 15.2 Å². The fraction of sp³-hybridized carbons (Fsp3) is 0.333. The van der Waals surface area contributed by atoms with Crippen LogP contribution in [0.3, 0.4) is 0 Å². The maximum atomic E-state index is 14.0. The van der Waals surface area contributed by atoms with Crippen molar-refractivity contribution in [2.75, 3.05) is 13.7 Å². The molecule has 0 aliphatic heterocycles. The number of halogens is 1. The Hall–Kier alpha value is -3.06. The molecule has 7 heteroatoms. The van der Waals surface area contributed by atoms with Crippen molar-refractivity contribution in [1.82, 2.24) is 4.90 Å². The van der Waals surface area contributed by atoms with Crippen LogP contribution in [0.2, 0.25) is 0 Å². The summed E-state index contributed by atoms with van der Waals surface area (Å²) < 4.78 is 11.9. The maximum absolute atomic E-state index is 14.0. The van der Waals surface area contributed by atoms with Gasteiger partial charge >= 0.3 is 0 Å². The highest BCUT2D eigenvalue weighted by molar-refractivity contribution is 9.10. The molecule has 1 aliphatic rings. The van der Waals surface area contributed by atoms with Gasteiger partial charge in [0.05, 0.1) is 7.11 Å². The van der Waals surface area contributed by atoms with Gasteiger partial charge in [-0.3, -0.25) is 9.59 Å². The van der Waals surface area contributed by atoms with Crippen LogP contribution in [-0.4, -0.2) is 36.5 Å². The number of primary amides is 1. The number of hydrogen-bond acceptors (Lipinski definition) is 4. The number of ether oxygens (including phenoxy) is 2. The Morgan fingerprint density at radius 3 is 2.47 bits per heavy atom. The number of hydrogen-bond donors (Lipinski definition) is 1. The zero-order valence-electron chi connectivity index (χ0n) is 19.3. The number of carbonyl (C=O) groups is 2. The zero-order valence-corrected chi connectivity index (χ0v) is 20.8. The third-order valence-electron chi connectivity index (χ3n) is 6.33. The molecule has 4 rings (SSSR count). The SMILES string of the molecule is COc1cc(CN(C(=O)c2cccc3c(Br)cccc23)C2CCCCC2)ccc1OCC(N)=O. The second kappa shape index (κ2) is 10.9. The van der Waals surface area contributed by atoms with Gasteiger partial charge in [0.1, 0.15) is 0 Å². The average molecular weight is 525 g/mol. The summed E-state index contributed by atoms with van der Waals surface area (Å²) in [5, 5.41) is 1.96. The van der Waals surface area contributed by atoms with Gasteiger partial charge in [-0.1, -0.05) is 65.5 Å². The number of carbonyl (C=O) groups excluding carboxylic acids is 2. The van der Waals surface area contributed by atoms with E-state index in [0.717, 1.165) is 46.5 Å². The quantitative estimate of drug-likeness (QED) is 0.424. The average Bonchev–Trinajstić information content (AvgIpc) is 2.86. The van der Waals surface area contributed by atoms with Gasteiger partial charge < -0.3 is 20.1 Å². The van der Waals surface area contributed by atoms with Crippen LogP contribution in [0.15, 0.2) is 59.1 Å². The summed E-state index contributed by atoms with van der Waals surface area (Å²) in [4.78, 5) is 27.1. The summed E-state index contributed by atoms with van der Waals surface area (Å²) >= 11 is 3.61. The minimum absolute atomic E-state index is 0.0311. The predicted octanol–water partition coefficient (Wildman–Crippen LogP) is 5.45. The molecule has 1 aliphatic carbocycles. The molecule has 0 unspecified atom stereocenters. The Labute approximate surface area is 208 Å². The van der Waals surface area contributed by atoms with Crippen molar-refractivity contribution in [2.24, 2.45) is 5.73 Å². The van der Waals surface area contributed by atoms with Crippen LogP contribution in [-0.2, 0) is 11.3 Å². The Bertz CT molecular complexity index is 1190. The fourth-order valence-corrected chi connectivity index (χ4v) is 5.15. The van der Waals surface area contributed by atoms with Gasteiger partial charge in [0.2, 0.25) is 0 Å². The second-order valence-electron chi connectivity index (χ2n) is 8.61. The molecule has 1 saturated carbocycles. The van der Waals surface area contributed by atoms with Crippen LogP contribution in [0.25, 0.3) is 10.8 Å². The van der Waals surface area contributed by atoms with E-state index in [1.54, 1.807) is 13.2 Å². The van der Waals surface area contributed by atoms with E-state index in [1.807, 2.05) is 53.4 Å². The lowest BCUT2D eigenvalue weighted by molar-refractivity contribution is -0.119. The molecule has 2 N–H and O–H groups in total. The van der Waals surface area contributed by atoms with Gasteiger partial charge in [-0.25, -0.2) is 0 Å². The maximum Gasteiger partial charge on any atom is 0.255 e. The first-order valence-corrected chi connectivity index (χ1v) is 12.3. The van der Waals surface area contributed by atoms with E-state index in [0.29, 0.717) is 23.6 Å². The van der Waals surface area contributed by atoms with E-state index in [-0.39, 0.29) is 18.6 Å². The molecule has 6 nitrogen and oxygen atoms in total. The number of fused-ring (bicyclic) bond motifs is 1. The lowest BCUT2D eigenvalue weighted by Gasteiger charge is -2.35. The zero-order chi connectivity index (χ0) is 24.1. The Balaban J connectivity index is 1.67. The van der Waals surface area contributed by atoms with Crippen molar-refractivity contribution in [2.45, 2.75) is 44.7 Å². The molecule has 2 amide bonds. The third-order valence-corrected chi connectivity index (χ3v) is 7.02. The summed E-state index contributed by atoms with van der Waals surface area (Å²) in [6, 6.07) is 17.5. The fourth-order valence-electron chi connectivity index (χ4n) is 4.65. The summed E-state index contributed by atoms with van der Waals surface area (Å²) in [6.45, 7) is 0.235. The van der Waals surface area contributed by atoms with Gasteiger partial charge in [-0.05, 0) is 53.4 Å². The van der Waals surface area contributed by atoms with Gasteiger partial charge in [0.15, 0.2) is 18.1 Å². The van der Waals surface area contributed by atoms with Crippen molar-refractivity contribution in [1.29, 1.82) is 0 Å². The number of nitrogens with two attached hydrogens (primary N) is 1. The molecule has 34 heavy (non-hydrogen) atoms. The molecule has 0 heterocycles. The van der Waals surface area contributed by atoms with Crippen LogP contribution >= 0.6 is 15.9 Å². The van der Waals surface area contributed by atoms with Crippen molar-refractivity contribution < 1.29 is 19.1 Å². The first-order valence-electron chi connectivity index (χ1n) is 11.5. The topological polar surface area (TPSA) is 81.9 Å². The van der Waals surface area contributed by atoms with Gasteiger partial charge in [0.25, 0.3) is 11.8 Å². The standard InChI is InChI=1S/C27H29BrN2O4/c1-33-25-15-18(13-14-24(25)34-17-26(29)31)16-30(19-7-3-2-4-8-19)27(32)22-11-5-10-21-20(22)9-6-12-23(21)28/h5-6,9-15,19H,2-4,7-8,16-17H2,1H3,(H2,29,31). The minimum atomic E-state index is -0.554. The summed E-state index contributed by atoms with van der Waals surface area (Å²) in [6.07, 6.45) is 5.45. The van der Waals surface area contributed by atoms with E-state index in [9.17, 15) is 9.59 Å². The molecule has 0 spiro atoms. The van der Waals surface area contributed by atoms with Crippen molar-refractivity contribution >= 4 is 38.5 Å². The summed E-state index contributed by atoms with van der Waals surface area (Å²) in [5.41, 5.74) is 6.84. The molecule has 0 atom stereocenters. The Morgan fingerprint density at radius 2 is 1.74 bits per heavy atom. The number of benzene rings is 3. The number of amides is 2.